The highest BCUT2D eigenvalue weighted by Crippen LogP contribution is 2.42. The normalized spacial score (nSPS) is 22.4. The van der Waals surface area contributed by atoms with Crippen molar-refractivity contribution in [3.05, 3.63) is 46.1 Å². The first-order valence-electron chi connectivity index (χ1n) is 9.84. The number of thiazole rings is 1. The van der Waals surface area contributed by atoms with E-state index in [1.54, 1.807) is 15.9 Å². The van der Waals surface area contributed by atoms with Gasteiger partial charge in [0.2, 0.25) is 10.8 Å². The van der Waals surface area contributed by atoms with E-state index in [0.717, 1.165) is 35.2 Å². The molecule has 0 spiro atoms. The number of piperidine rings is 1. The van der Waals surface area contributed by atoms with Gasteiger partial charge < -0.3 is 5.11 Å². The molecule has 3 aromatic rings. The maximum Gasteiger partial charge on any atom is 0.230 e. The summed E-state index contributed by atoms with van der Waals surface area (Å²) in [6, 6.07) is 8.73. The Bertz CT molecular complexity index is 920. The summed E-state index contributed by atoms with van der Waals surface area (Å²) >= 11 is 1.56. The second-order valence-corrected chi connectivity index (χ2v) is 9.09. The Hall–Kier alpha value is -1.92. The van der Waals surface area contributed by atoms with Gasteiger partial charge in [0.05, 0.1) is 10.9 Å². The molecular weight excluding hydrogens is 356 g/mol. The third kappa shape index (κ3) is 3.48. The van der Waals surface area contributed by atoms with Gasteiger partial charge in [-0.25, -0.2) is 4.98 Å². The largest absolute Gasteiger partial charge is 0.492 e. The van der Waals surface area contributed by atoms with Gasteiger partial charge in [0.15, 0.2) is 5.82 Å². The fourth-order valence-corrected chi connectivity index (χ4v) is 5.45. The van der Waals surface area contributed by atoms with Crippen LogP contribution in [0.2, 0.25) is 0 Å². The summed E-state index contributed by atoms with van der Waals surface area (Å²) in [5.74, 6) is 2.31. The molecule has 5 nitrogen and oxygen atoms in total. The fourth-order valence-electron chi connectivity index (χ4n) is 4.32. The van der Waals surface area contributed by atoms with E-state index < -0.39 is 0 Å². The molecule has 0 amide bonds. The molecule has 6 heteroatoms. The number of hydrogen-bond acceptors (Lipinski definition) is 5. The Morgan fingerprint density at radius 1 is 1.19 bits per heavy atom. The first-order chi connectivity index (χ1) is 13.0. The van der Waals surface area contributed by atoms with Crippen molar-refractivity contribution in [1.82, 2.24) is 19.5 Å². The molecule has 1 aromatic carbocycles. The number of hydrogen-bond donors (Lipinski definition) is 1. The highest BCUT2D eigenvalue weighted by molar-refractivity contribution is 7.17. The molecule has 144 valence electrons. The molecular formula is C21H28N4OS. The van der Waals surface area contributed by atoms with Crippen molar-refractivity contribution in [1.29, 1.82) is 0 Å². The van der Waals surface area contributed by atoms with Crippen LogP contribution >= 0.6 is 11.3 Å². The maximum atomic E-state index is 11.0. The Morgan fingerprint density at radius 3 is 2.44 bits per heavy atom. The summed E-state index contributed by atoms with van der Waals surface area (Å²) in [6.45, 7) is 10.9. The second kappa shape index (κ2) is 7.24. The monoisotopic (exact) mass is 384 g/mol. The van der Waals surface area contributed by atoms with Crippen LogP contribution in [0.3, 0.4) is 0 Å². The molecule has 1 fully saturated rings. The zero-order valence-electron chi connectivity index (χ0n) is 16.5. The summed E-state index contributed by atoms with van der Waals surface area (Å²) in [7, 11) is 0. The van der Waals surface area contributed by atoms with E-state index in [4.69, 9.17) is 0 Å². The van der Waals surface area contributed by atoms with Gasteiger partial charge in [-0.3, -0.25) is 4.90 Å². The highest BCUT2D eigenvalue weighted by Gasteiger charge is 2.33. The van der Waals surface area contributed by atoms with Gasteiger partial charge >= 0.3 is 0 Å². The van der Waals surface area contributed by atoms with Gasteiger partial charge in [-0.05, 0) is 30.7 Å². The van der Waals surface area contributed by atoms with Crippen LogP contribution in [0.15, 0.2) is 24.3 Å². The molecule has 3 atom stereocenters. The summed E-state index contributed by atoms with van der Waals surface area (Å²) in [6.07, 6.45) is 2.03. The van der Waals surface area contributed by atoms with Crippen molar-refractivity contribution in [2.75, 3.05) is 13.1 Å². The molecule has 3 unspecified atom stereocenters. The Balaban J connectivity index is 1.81. The van der Waals surface area contributed by atoms with E-state index in [0.29, 0.717) is 11.8 Å². The van der Waals surface area contributed by atoms with Crippen molar-refractivity contribution >= 4 is 16.3 Å². The zero-order valence-corrected chi connectivity index (χ0v) is 17.3. The molecule has 27 heavy (non-hydrogen) atoms. The lowest BCUT2D eigenvalue weighted by molar-refractivity contribution is 0.112. The van der Waals surface area contributed by atoms with Crippen molar-refractivity contribution in [3.8, 4) is 5.88 Å². The van der Waals surface area contributed by atoms with Crippen LogP contribution in [0.25, 0.3) is 4.96 Å². The molecule has 0 radical (unpaired) electrons. The molecule has 2 aromatic heterocycles. The van der Waals surface area contributed by atoms with Crippen molar-refractivity contribution in [2.24, 2.45) is 11.8 Å². The molecule has 3 heterocycles. The molecule has 0 saturated carbocycles. The fraction of sp³-hybridized carbons (Fsp3) is 0.524. The van der Waals surface area contributed by atoms with Crippen LogP contribution in [0, 0.1) is 18.8 Å². The molecule has 1 saturated heterocycles. The third-order valence-corrected chi connectivity index (χ3v) is 6.54. The summed E-state index contributed by atoms with van der Waals surface area (Å²) < 4.78 is 1.61. The minimum absolute atomic E-state index is 0.0365. The summed E-state index contributed by atoms with van der Waals surface area (Å²) in [5, 5.41) is 15.5. The van der Waals surface area contributed by atoms with Crippen LogP contribution in [0.4, 0.5) is 0 Å². The number of fused-ring (bicyclic) bond motifs is 1. The lowest BCUT2D eigenvalue weighted by Crippen LogP contribution is -2.41. The zero-order chi connectivity index (χ0) is 19.1. The van der Waals surface area contributed by atoms with Crippen molar-refractivity contribution in [3.63, 3.8) is 0 Å². The van der Waals surface area contributed by atoms with Gasteiger partial charge in [0.1, 0.15) is 0 Å². The quantitative estimate of drug-likeness (QED) is 0.723. The van der Waals surface area contributed by atoms with Gasteiger partial charge in [0.25, 0.3) is 0 Å². The van der Waals surface area contributed by atoms with Gasteiger partial charge in [-0.2, -0.15) is 4.52 Å². The number of aromatic hydroxyl groups is 1. The SMILES string of the molecule is CCc1nc2sc(C(c3ccc(C)cc3)N3CC(C)CC(C)C3)c(O)n2n1. The van der Waals surface area contributed by atoms with Crippen molar-refractivity contribution < 1.29 is 5.11 Å². The predicted octanol–water partition coefficient (Wildman–Crippen LogP) is 4.43. The average Bonchev–Trinajstić information content (AvgIpc) is 3.16. The smallest absolute Gasteiger partial charge is 0.230 e. The average molecular weight is 385 g/mol. The van der Waals surface area contributed by atoms with E-state index in [-0.39, 0.29) is 11.9 Å². The molecule has 1 aliphatic rings. The van der Waals surface area contributed by atoms with E-state index in [9.17, 15) is 5.11 Å². The minimum atomic E-state index is 0.0365. The lowest BCUT2D eigenvalue weighted by Gasteiger charge is -2.40. The van der Waals surface area contributed by atoms with Crippen molar-refractivity contribution in [2.45, 2.75) is 46.6 Å². The first kappa shape index (κ1) is 18.4. The lowest BCUT2D eigenvalue weighted by atomic mass is 9.89. The highest BCUT2D eigenvalue weighted by atomic mass is 32.1. The number of aryl methyl sites for hydroxylation is 2. The topological polar surface area (TPSA) is 53.7 Å². The number of rotatable bonds is 4. The van der Waals surface area contributed by atoms with Crippen LogP contribution in [0.1, 0.15) is 55.1 Å². The van der Waals surface area contributed by atoms with Crippen LogP contribution in [-0.4, -0.2) is 37.7 Å². The van der Waals surface area contributed by atoms with E-state index in [1.807, 2.05) is 6.92 Å². The molecule has 1 N–H and O–H groups in total. The molecule has 0 bridgehead atoms. The number of nitrogens with zero attached hydrogens (tertiary/aromatic N) is 4. The minimum Gasteiger partial charge on any atom is -0.492 e. The Morgan fingerprint density at radius 2 is 1.85 bits per heavy atom. The second-order valence-electron chi connectivity index (χ2n) is 8.08. The first-order valence-corrected chi connectivity index (χ1v) is 10.7. The Kier molecular flexibility index (Phi) is 4.95. The molecule has 0 aliphatic carbocycles. The molecule has 1 aliphatic heterocycles. The van der Waals surface area contributed by atoms with E-state index in [2.05, 4.69) is 60.0 Å². The van der Waals surface area contributed by atoms with Crippen LogP contribution in [-0.2, 0) is 6.42 Å². The van der Waals surface area contributed by atoms with Crippen LogP contribution < -0.4 is 0 Å². The van der Waals surface area contributed by atoms with Gasteiger partial charge in [-0.1, -0.05) is 61.9 Å². The Labute approximate surface area is 164 Å². The maximum absolute atomic E-state index is 11.0. The number of benzene rings is 1. The number of aromatic nitrogens is 3. The standard InChI is InChI=1S/C21H28N4OS/c1-5-17-22-21-25(23-17)20(26)19(27-21)18(16-8-6-13(2)7-9-16)24-11-14(3)10-15(4)12-24/h6-9,14-15,18,26H,5,10-12H2,1-4H3. The van der Waals surface area contributed by atoms with E-state index in [1.165, 1.54) is 17.5 Å². The molecule has 4 rings (SSSR count). The van der Waals surface area contributed by atoms with Gasteiger partial charge in [0, 0.05) is 19.5 Å². The third-order valence-electron chi connectivity index (χ3n) is 5.46. The predicted molar refractivity (Wildman–Crippen MR) is 109 cm³/mol. The van der Waals surface area contributed by atoms with Crippen LogP contribution in [0.5, 0.6) is 5.88 Å². The number of likely N-dealkylation sites (tertiary alicyclic amines) is 1. The van der Waals surface area contributed by atoms with Gasteiger partial charge in [-0.15, -0.1) is 5.10 Å². The van der Waals surface area contributed by atoms with E-state index >= 15 is 0 Å². The summed E-state index contributed by atoms with van der Waals surface area (Å²) in [5.41, 5.74) is 2.47. The summed E-state index contributed by atoms with van der Waals surface area (Å²) in [4.78, 5) is 8.81.